The lowest BCUT2D eigenvalue weighted by Crippen LogP contribution is -2.24. The molecule has 0 aliphatic carbocycles. The van der Waals surface area contributed by atoms with E-state index in [0.29, 0.717) is 20.7 Å². The number of anilines is 1. The minimum absolute atomic E-state index is 0.358. The standard InChI is InChI=1S/C9H5BrClNO2/c1-12-7-5(8(13)9(12)14)2-4(10)3-6(7)11/h2-3H,1H3. The van der Waals surface area contributed by atoms with E-state index in [2.05, 4.69) is 15.9 Å². The van der Waals surface area contributed by atoms with Gasteiger partial charge in [-0.1, -0.05) is 27.5 Å². The molecule has 1 aromatic carbocycles. The fourth-order valence-corrected chi connectivity index (χ4v) is 2.38. The molecule has 1 aromatic rings. The summed E-state index contributed by atoms with van der Waals surface area (Å²) in [5.74, 6) is -1.05. The van der Waals surface area contributed by atoms with Gasteiger partial charge in [0.2, 0.25) is 0 Å². The number of hydrogen-bond donors (Lipinski definition) is 0. The van der Waals surface area contributed by atoms with Crippen LogP contribution in [0.15, 0.2) is 16.6 Å². The maximum absolute atomic E-state index is 11.4. The van der Waals surface area contributed by atoms with Gasteiger partial charge in [0.15, 0.2) is 0 Å². The molecule has 0 saturated heterocycles. The summed E-state index contributed by atoms with van der Waals surface area (Å²) in [6.45, 7) is 0. The minimum atomic E-state index is -0.542. The van der Waals surface area contributed by atoms with Crippen molar-refractivity contribution < 1.29 is 9.59 Å². The van der Waals surface area contributed by atoms with E-state index in [9.17, 15) is 9.59 Å². The summed E-state index contributed by atoms with van der Waals surface area (Å²) in [7, 11) is 1.53. The molecule has 1 heterocycles. The second-order valence-electron chi connectivity index (χ2n) is 2.98. The number of halogens is 2. The van der Waals surface area contributed by atoms with Gasteiger partial charge in [0, 0.05) is 11.5 Å². The Morgan fingerprint density at radius 2 is 2.00 bits per heavy atom. The lowest BCUT2D eigenvalue weighted by Gasteiger charge is -2.10. The summed E-state index contributed by atoms with van der Waals surface area (Å²) >= 11 is 9.14. The van der Waals surface area contributed by atoms with Crippen LogP contribution in [0.1, 0.15) is 10.4 Å². The highest BCUT2D eigenvalue weighted by Crippen LogP contribution is 2.37. The Morgan fingerprint density at radius 1 is 1.36 bits per heavy atom. The molecular formula is C9H5BrClNO2. The Balaban J connectivity index is 2.75. The second kappa shape index (κ2) is 3.07. The molecule has 0 saturated carbocycles. The first kappa shape index (κ1) is 9.68. The number of rotatable bonds is 0. The van der Waals surface area contributed by atoms with E-state index in [1.165, 1.54) is 11.9 Å². The number of fused-ring (bicyclic) bond motifs is 1. The Kier molecular flexibility index (Phi) is 2.12. The zero-order valence-corrected chi connectivity index (χ0v) is 9.52. The molecule has 1 aliphatic heterocycles. The van der Waals surface area contributed by atoms with E-state index < -0.39 is 11.7 Å². The zero-order chi connectivity index (χ0) is 10.5. The molecular weight excluding hydrogens is 269 g/mol. The van der Waals surface area contributed by atoms with Crippen molar-refractivity contribution in [1.29, 1.82) is 0 Å². The van der Waals surface area contributed by atoms with Crippen LogP contribution < -0.4 is 4.90 Å². The van der Waals surface area contributed by atoms with Gasteiger partial charge in [-0.25, -0.2) is 0 Å². The van der Waals surface area contributed by atoms with Gasteiger partial charge in [-0.15, -0.1) is 0 Å². The Morgan fingerprint density at radius 3 is 2.64 bits per heavy atom. The third-order valence-corrected chi connectivity index (χ3v) is 2.85. The highest BCUT2D eigenvalue weighted by molar-refractivity contribution is 9.10. The van der Waals surface area contributed by atoms with Crippen molar-refractivity contribution in [3.05, 3.63) is 27.2 Å². The Hall–Kier alpha value is -0.870. The van der Waals surface area contributed by atoms with E-state index in [1.807, 2.05) is 0 Å². The highest BCUT2D eigenvalue weighted by Gasteiger charge is 2.35. The van der Waals surface area contributed by atoms with Crippen molar-refractivity contribution in [2.24, 2.45) is 0 Å². The number of carbonyl (C=O) groups excluding carboxylic acids is 2. The van der Waals surface area contributed by atoms with Gasteiger partial charge in [-0.05, 0) is 12.1 Å². The molecule has 0 fully saturated rings. The summed E-state index contributed by atoms with van der Waals surface area (Å²) < 4.78 is 0.692. The Labute approximate surface area is 93.8 Å². The Bertz CT molecular complexity index is 458. The predicted molar refractivity (Wildman–Crippen MR) is 56.9 cm³/mol. The number of carbonyl (C=O) groups is 2. The van der Waals surface area contributed by atoms with Crippen LogP contribution in [-0.2, 0) is 4.79 Å². The second-order valence-corrected chi connectivity index (χ2v) is 4.30. The molecule has 0 N–H and O–H groups in total. The first-order valence-electron chi connectivity index (χ1n) is 3.84. The maximum atomic E-state index is 11.4. The largest absolute Gasteiger partial charge is 0.306 e. The molecule has 0 radical (unpaired) electrons. The summed E-state index contributed by atoms with van der Waals surface area (Å²) in [6, 6.07) is 3.26. The molecule has 3 nitrogen and oxygen atoms in total. The summed E-state index contributed by atoms with van der Waals surface area (Å²) in [4.78, 5) is 24.0. The summed E-state index contributed by atoms with van der Waals surface area (Å²) in [5.41, 5.74) is 0.849. The van der Waals surface area contributed by atoms with Crippen LogP contribution in [0.5, 0.6) is 0 Å². The number of likely N-dealkylation sites (N-methyl/N-ethyl adjacent to an activating group) is 1. The van der Waals surface area contributed by atoms with Gasteiger partial charge in [0.1, 0.15) is 0 Å². The molecule has 14 heavy (non-hydrogen) atoms. The molecule has 5 heteroatoms. The number of amides is 1. The van der Waals surface area contributed by atoms with Crippen molar-refractivity contribution in [2.45, 2.75) is 0 Å². The number of ketones is 1. The van der Waals surface area contributed by atoms with E-state index in [0.717, 1.165) is 0 Å². The van der Waals surface area contributed by atoms with Crippen LogP contribution in [0, 0.1) is 0 Å². The van der Waals surface area contributed by atoms with Crippen LogP contribution in [0.25, 0.3) is 0 Å². The number of benzene rings is 1. The lowest BCUT2D eigenvalue weighted by atomic mass is 10.1. The third-order valence-electron chi connectivity index (χ3n) is 2.11. The van der Waals surface area contributed by atoms with E-state index in [4.69, 9.17) is 11.6 Å². The third kappa shape index (κ3) is 1.18. The maximum Gasteiger partial charge on any atom is 0.299 e. The first-order valence-corrected chi connectivity index (χ1v) is 5.01. The number of Topliss-reactive ketones (excluding diaryl/α,β-unsaturated/α-hetero) is 1. The summed E-state index contributed by atoms with van der Waals surface area (Å²) in [5, 5.41) is 0.399. The van der Waals surface area contributed by atoms with Crippen molar-refractivity contribution in [2.75, 3.05) is 11.9 Å². The molecule has 2 rings (SSSR count). The van der Waals surface area contributed by atoms with Crippen molar-refractivity contribution >= 4 is 44.9 Å². The van der Waals surface area contributed by atoms with E-state index in [1.54, 1.807) is 12.1 Å². The monoisotopic (exact) mass is 273 g/mol. The molecule has 72 valence electrons. The molecule has 0 bridgehead atoms. The van der Waals surface area contributed by atoms with Crippen LogP contribution in [-0.4, -0.2) is 18.7 Å². The molecule has 1 amide bonds. The average Bonchev–Trinajstić information content (AvgIpc) is 2.31. The van der Waals surface area contributed by atoms with Gasteiger partial charge in [0.05, 0.1) is 16.3 Å². The van der Waals surface area contributed by atoms with Gasteiger partial charge in [-0.2, -0.15) is 0 Å². The quantitative estimate of drug-likeness (QED) is 0.681. The van der Waals surface area contributed by atoms with E-state index >= 15 is 0 Å². The zero-order valence-electron chi connectivity index (χ0n) is 7.17. The minimum Gasteiger partial charge on any atom is -0.306 e. The van der Waals surface area contributed by atoms with Crippen molar-refractivity contribution in [3.63, 3.8) is 0 Å². The van der Waals surface area contributed by atoms with Crippen LogP contribution >= 0.6 is 27.5 Å². The molecule has 0 spiro atoms. The van der Waals surface area contributed by atoms with Crippen LogP contribution in [0.4, 0.5) is 5.69 Å². The number of nitrogens with zero attached hydrogens (tertiary/aromatic N) is 1. The van der Waals surface area contributed by atoms with Gasteiger partial charge < -0.3 is 4.90 Å². The fraction of sp³-hybridized carbons (Fsp3) is 0.111. The highest BCUT2D eigenvalue weighted by atomic mass is 79.9. The normalized spacial score (nSPS) is 14.9. The molecule has 0 unspecified atom stereocenters. The number of hydrogen-bond acceptors (Lipinski definition) is 2. The van der Waals surface area contributed by atoms with Crippen molar-refractivity contribution in [1.82, 2.24) is 0 Å². The van der Waals surface area contributed by atoms with Gasteiger partial charge >= 0.3 is 0 Å². The molecule has 0 atom stereocenters. The SMILES string of the molecule is CN1C(=O)C(=O)c2cc(Br)cc(Cl)c21. The van der Waals surface area contributed by atoms with Crippen LogP contribution in [0.2, 0.25) is 5.02 Å². The molecule has 0 aromatic heterocycles. The van der Waals surface area contributed by atoms with Crippen LogP contribution in [0.3, 0.4) is 0 Å². The first-order chi connectivity index (χ1) is 6.52. The van der Waals surface area contributed by atoms with Gasteiger partial charge in [-0.3, -0.25) is 9.59 Å². The predicted octanol–water partition coefficient (Wildman–Crippen LogP) is 2.26. The summed E-state index contributed by atoms with van der Waals surface area (Å²) in [6.07, 6.45) is 0. The van der Waals surface area contributed by atoms with E-state index in [-0.39, 0.29) is 0 Å². The smallest absolute Gasteiger partial charge is 0.299 e. The molecule has 1 aliphatic rings. The van der Waals surface area contributed by atoms with Gasteiger partial charge in [0.25, 0.3) is 11.7 Å². The topological polar surface area (TPSA) is 37.4 Å². The fourth-order valence-electron chi connectivity index (χ4n) is 1.45. The lowest BCUT2D eigenvalue weighted by molar-refractivity contribution is -0.114. The van der Waals surface area contributed by atoms with Crippen molar-refractivity contribution in [3.8, 4) is 0 Å². The average molecular weight is 275 g/mol.